The lowest BCUT2D eigenvalue weighted by Crippen LogP contribution is -2.59. The lowest BCUT2D eigenvalue weighted by atomic mass is 10.0. The number of carbonyl (C=O) groups is 5. The maximum atomic E-state index is 13.9. The minimum Gasteiger partial charge on any atom is -0.480 e. The second-order valence-electron chi connectivity index (χ2n) is 11.7. The van der Waals surface area contributed by atoms with Crippen LogP contribution in [-0.2, 0) is 36.8 Å². The molecule has 15 heteroatoms. The Morgan fingerprint density at radius 1 is 0.848 bits per heavy atom. The van der Waals surface area contributed by atoms with Gasteiger partial charge in [-0.3, -0.25) is 24.0 Å². The van der Waals surface area contributed by atoms with Gasteiger partial charge in [0.2, 0.25) is 23.6 Å². The number of carboxylic acids is 1. The van der Waals surface area contributed by atoms with Crippen LogP contribution in [0, 0.1) is 5.92 Å². The van der Waals surface area contributed by atoms with Crippen molar-refractivity contribution in [2.45, 2.75) is 83.1 Å². The maximum Gasteiger partial charge on any atom is 0.325 e. The van der Waals surface area contributed by atoms with Crippen molar-refractivity contribution >= 4 is 40.5 Å². The van der Waals surface area contributed by atoms with E-state index in [1.54, 1.807) is 20.0 Å². The molecular formula is C31H45N9O6. The Bertz CT molecular complexity index is 1470. The summed E-state index contributed by atoms with van der Waals surface area (Å²) in [5.74, 6) is -3.95. The van der Waals surface area contributed by atoms with Gasteiger partial charge in [-0.25, -0.2) is 4.98 Å². The van der Waals surface area contributed by atoms with E-state index in [9.17, 15) is 29.1 Å². The first-order valence-electron chi connectivity index (χ1n) is 15.3. The zero-order chi connectivity index (χ0) is 33.8. The second-order valence-corrected chi connectivity index (χ2v) is 11.7. The van der Waals surface area contributed by atoms with Gasteiger partial charge in [0.25, 0.3) is 0 Å². The number of aliphatic carboxylic acids is 1. The number of aromatic amines is 2. The number of unbranched alkanes of at least 4 members (excludes halogenated alkanes) is 1. The van der Waals surface area contributed by atoms with Crippen LogP contribution in [-0.4, -0.2) is 86.4 Å². The van der Waals surface area contributed by atoms with E-state index in [-0.39, 0.29) is 25.2 Å². The number of hydrogen-bond donors (Lipinski definition) is 9. The molecule has 3 aromatic rings. The van der Waals surface area contributed by atoms with Crippen LogP contribution in [0.1, 0.15) is 51.3 Å². The molecule has 0 bridgehead atoms. The van der Waals surface area contributed by atoms with Crippen LogP contribution in [0.15, 0.2) is 43.0 Å². The molecule has 1 aromatic carbocycles. The Kier molecular flexibility index (Phi) is 13.3. The van der Waals surface area contributed by atoms with Crippen LogP contribution < -0.4 is 32.7 Å². The molecule has 0 saturated heterocycles. The largest absolute Gasteiger partial charge is 0.480 e. The number of rotatable bonds is 18. The van der Waals surface area contributed by atoms with Crippen molar-refractivity contribution < 1.29 is 29.1 Å². The van der Waals surface area contributed by atoms with Gasteiger partial charge in [0.05, 0.1) is 12.4 Å². The quantitative estimate of drug-likeness (QED) is 0.0837. The Morgan fingerprint density at radius 2 is 1.48 bits per heavy atom. The number of nitrogens with two attached hydrogens (primary N) is 2. The highest BCUT2D eigenvalue weighted by Crippen LogP contribution is 2.19. The van der Waals surface area contributed by atoms with E-state index >= 15 is 0 Å². The summed E-state index contributed by atoms with van der Waals surface area (Å²) in [6, 6.07) is 2.02. The molecule has 0 fully saturated rings. The van der Waals surface area contributed by atoms with Gasteiger partial charge in [0, 0.05) is 41.8 Å². The lowest BCUT2D eigenvalue weighted by Gasteiger charge is -2.26. The van der Waals surface area contributed by atoms with Gasteiger partial charge in [0.15, 0.2) is 0 Å². The standard InChI is InChI=1S/C31H45N9O6/c1-17(2)26(33)30(44)40-25(13-20-15-34-16-36-20)29(43)39-24(12-19-14-35-22-9-5-4-8-21(19)22)28(42)38-23(10-6-7-11-32)27(41)37-18(3)31(45)46/h4-5,8-9,14-18,23-26,35H,6-7,10-13,32-33H2,1-3H3,(H,34,36)(H,37,41)(H,38,42)(H,39,43)(H,40,44)(H,45,46)/t18-,23-,24-,25-,26-/m0/s1. The first-order valence-corrected chi connectivity index (χ1v) is 15.3. The third kappa shape index (κ3) is 10.1. The van der Waals surface area contributed by atoms with E-state index in [1.165, 1.54) is 19.4 Å². The summed E-state index contributed by atoms with van der Waals surface area (Å²) in [5.41, 5.74) is 13.8. The summed E-state index contributed by atoms with van der Waals surface area (Å²) < 4.78 is 0. The van der Waals surface area contributed by atoms with E-state index < -0.39 is 59.8 Å². The first-order chi connectivity index (χ1) is 21.9. The number of amides is 4. The fourth-order valence-electron chi connectivity index (χ4n) is 4.81. The summed E-state index contributed by atoms with van der Waals surface area (Å²) in [6.45, 7) is 5.26. The molecular weight excluding hydrogens is 594 g/mol. The number of nitrogens with one attached hydrogen (secondary N) is 6. The smallest absolute Gasteiger partial charge is 0.325 e. The van der Waals surface area contributed by atoms with Crippen LogP contribution in [0.5, 0.6) is 0 Å². The van der Waals surface area contributed by atoms with E-state index in [2.05, 4.69) is 36.2 Å². The molecule has 0 radical (unpaired) electrons. The molecule has 0 spiro atoms. The summed E-state index contributed by atoms with van der Waals surface area (Å²) in [6.07, 6.45) is 6.06. The van der Waals surface area contributed by atoms with Crippen molar-refractivity contribution in [1.82, 2.24) is 36.2 Å². The van der Waals surface area contributed by atoms with Crippen molar-refractivity contribution in [3.05, 3.63) is 54.2 Å². The summed E-state index contributed by atoms with van der Waals surface area (Å²) in [4.78, 5) is 75.1. The maximum absolute atomic E-state index is 13.9. The first kappa shape index (κ1) is 35.7. The monoisotopic (exact) mass is 639 g/mol. The molecule has 5 atom stereocenters. The molecule has 2 aromatic heterocycles. The Hall–Kier alpha value is -4.76. The van der Waals surface area contributed by atoms with Crippen molar-refractivity contribution in [1.29, 1.82) is 0 Å². The Balaban J connectivity index is 1.91. The van der Waals surface area contributed by atoms with Crippen molar-refractivity contribution in [3.63, 3.8) is 0 Å². The fourth-order valence-corrected chi connectivity index (χ4v) is 4.81. The molecule has 0 saturated carbocycles. The van der Waals surface area contributed by atoms with Crippen molar-refractivity contribution in [2.75, 3.05) is 6.54 Å². The third-order valence-corrected chi connectivity index (χ3v) is 7.67. The van der Waals surface area contributed by atoms with Crippen molar-refractivity contribution in [3.8, 4) is 0 Å². The van der Waals surface area contributed by atoms with Crippen LogP contribution in [0.2, 0.25) is 0 Å². The molecule has 0 aliphatic heterocycles. The summed E-state index contributed by atoms with van der Waals surface area (Å²) in [5, 5.41) is 20.7. The van der Waals surface area contributed by atoms with Crippen LogP contribution in [0.4, 0.5) is 0 Å². The number of benzene rings is 1. The second kappa shape index (κ2) is 17.1. The molecule has 46 heavy (non-hydrogen) atoms. The normalized spacial score (nSPS) is 14.6. The van der Waals surface area contributed by atoms with Gasteiger partial charge in [-0.15, -0.1) is 0 Å². The Morgan fingerprint density at radius 3 is 2.11 bits per heavy atom. The third-order valence-electron chi connectivity index (χ3n) is 7.67. The minimum atomic E-state index is -1.23. The fraction of sp³-hybridized carbons (Fsp3) is 0.484. The van der Waals surface area contributed by atoms with Crippen LogP contribution in [0.25, 0.3) is 10.9 Å². The summed E-state index contributed by atoms with van der Waals surface area (Å²) >= 11 is 0. The highest BCUT2D eigenvalue weighted by Gasteiger charge is 2.32. The Labute approximate surface area is 267 Å². The average molecular weight is 640 g/mol. The predicted molar refractivity (Wildman–Crippen MR) is 171 cm³/mol. The topological polar surface area (TPSA) is 250 Å². The number of imidazole rings is 1. The van der Waals surface area contributed by atoms with Gasteiger partial charge in [0.1, 0.15) is 24.2 Å². The zero-order valence-electron chi connectivity index (χ0n) is 26.3. The number of aromatic nitrogens is 3. The molecule has 0 unspecified atom stereocenters. The molecule has 250 valence electrons. The van der Waals surface area contributed by atoms with Crippen LogP contribution >= 0.6 is 0 Å². The number of hydrogen-bond acceptors (Lipinski definition) is 8. The molecule has 3 rings (SSSR count). The summed E-state index contributed by atoms with van der Waals surface area (Å²) in [7, 11) is 0. The number of carboxylic acid groups (broad SMARTS) is 1. The van der Waals surface area contributed by atoms with Gasteiger partial charge in [-0.1, -0.05) is 32.0 Å². The highest BCUT2D eigenvalue weighted by atomic mass is 16.4. The molecule has 11 N–H and O–H groups in total. The zero-order valence-corrected chi connectivity index (χ0v) is 26.3. The SMILES string of the molecule is CC(C)[C@H](N)C(=O)N[C@@H](Cc1cnc[nH]1)C(=O)N[C@@H](Cc1c[nH]c2ccccc12)C(=O)N[C@@H](CCCCN)C(=O)N[C@@H](C)C(=O)O. The van der Waals surface area contributed by atoms with Gasteiger partial charge < -0.3 is 47.8 Å². The van der Waals surface area contributed by atoms with Gasteiger partial charge in [-0.2, -0.15) is 0 Å². The average Bonchev–Trinajstić information content (AvgIpc) is 3.69. The lowest BCUT2D eigenvalue weighted by molar-refractivity contribution is -0.141. The molecule has 2 heterocycles. The van der Waals surface area contributed by atoms with E-state index in [1.807, 2.05) is 24.3 Å². The van der Waals surface area contributed by atoms with Crippen molar-refractivity contribution in [2.24, 2.45) is 17.4 Å². The number of H-pyrrole nitrogens is 2. The molecule has 0 aliphatic carbocycles. The predicted octanol–water partition coefficient (Wildman–Crippen LogP) is -0.168. The minimum absolute atomic E-state index is 0.0421. The van der Waals surface area contributed by atoms with Crippen LogP contribution in [0.3, 0.4) is 0 Å². The van der Waals surface area contributed by atoms with E-state index in [0.717, 1.165) is 16.5 Å². The molecule has 4 amide bonds. The van der Waals surface area contributed by atoms with Gasteiger partial charge >= 0.3 is 5.97 Å². The number of fused-ring (bicyclic) bond motifs is 1. The molecule has 0 aliphatic rings. The van der Waals surface area contributed by atoms with E-state index in [4.69, 9.17) is 11.5 Å². The number of carbonyl (C=O) groups excluding carboxylic acids is 4. The molecule has 15 nitrogen and oxygen atoms in total. The highest BCUT2D eigenvalue weighted by molar-refractivity contribution is 5.96. The van der Waals surface area contributed by atoms with E-state index in [0.29, 0.717) is 25.1 Å². The number of para-hydroxylation sites is 1. The number of nitrogens with zero attached hydrogens (tertiary/aromatic N) is 1. The van der Waals surface area contributed by atoms with Gasteiger partial charge in [-0.05, 0) is 50.3 Å².